The molecule has 94 valence electrons. The molecule has 7 heteroatoms. The number of methoxy groups -OCH3 is 1. The third-order valence-corrected chi connectivity index (χ3v) is 2.68. The molecule has 2 aromatic rings. The summed E-state index contributed by atoms with van der Waals surface area (Å²) in [6, 6.07) is 5.00. The number of nitrogens with two attached hydrogens (primary N) is 2. The van der Waals surface area contributed by atoms with Gasteiger partial charge in [-0.1, -0.05) is 11.6 Å². The van der Waals surface area contributed by atoms with Gasteiger partial charge >= 0.3 is 0 Å². The molecule has 1 aromatic heterocycles. The third-order valence-electron chi connectivity index (χ3n) is 2.44. The SMILES string of the molecule is COc1ccc(Cl)cc1-n1ncc(C(N)=O)c1N. The molecule has 1 heterocycles. The van der Waals surface area contributed by atoms with E-state index in [1.54, 1.807) is 18.2 Å². The molecule has 0 bridgehead atoms. The van der Waals surface area contributed by atoms with E-state index < -0.39 is 5.91 Å². The number of ether oxygens (including phenoxy) is 1. The Morgan fingerprint density at radius 1 is 1.50 bits per heavy atom. The van der Waals surface area contributed by atoms with Gasteiger partial charge < -0.3 is 16.2 Å². The fourth-order valence-electron chi connectivity index (χ4n) is 1.57. The molecule has 0 spiro atoms. The average molecular weight is 267 g/mol. The average Bonchev–Trinajstić information content (AvgIpc) is 2.71. The Labute approximate surface area is 108 Å². The number of hydrogen-bond donors (Lipinski definition) is 2. The molecule has 0 aliphatic heterocycles. The van der Waals surface area contributed by atoms with Crippen molar-refractivity contribution in [3.63, 3.8) is 0 Å². The summed E-state index contributed by atoms with van der Waals surface area (Å²) < 4.78 is 6.54. The largest absolute Gasteiger partial charge is 0.494 e. The Hall–Kier alpha value is -2.21. The van der Waals surface area contributed by atoms with E-state index in [1.165, 1.54) is 18.0 Å². The number of rotatable bonds is 3. The van der Waals surface area contributed by atoms with Crippen molar-refractivity contribution in [1.82, 2.24) is 9.78 Å². The minimum atomic E-state index is -0.639. The lowest BCUT2D eigenvalue weighted by molar-refractivity contribution is 0.100. The van der Waals surface area contributed by atoms with Crippen LogP contribution in [0.1, 0.15) is 10.4 Å². The summed E-state index contributed by atoms with van der Waals surface area (Å²) in [4.78, 5) is 11.1. The van der Waals surface area contributed by atoms with E-state index in [4.69, 9.17) is 27.8 Å². The highest BCUT2D eigenvalue weighted by atomic mass is 35.5. The number of anilines is 1. The highest BCUT2D eigenvalue weighted by Gasteiger charge is 2.16. The molecule has 4 N–H and O–H groups in total. The number of carbonyl (C=O) groups excluding carboxylic acids is 1. The number of nitrogen functional groups attached to an aromatic ring is 1. The van der Waals surface area contributed by atoms with Crippen molar-refractivity contribution < 1.29 is 9.53 Å². The van der Waals surface area contributed by atoms with E-state index in [0.29, 0.717) is 16.5 Å². The van der Waals surface area contributed by atoms with Crippen molar-refractivity contribution in [3.8, 4) is 11.4 Å². The van der Waals surface area contributed by atoms with Crippen LogP contribution in [0, 0.1) is 0 Å². The van der Waals surface area contributed by atoms with Gasteiger partial charge in [0.25, 0.3) is 5.91 Å². The highest BCUT2D eigenvalue weighted by Crippen LogP contribution is 2.28. The maximum atomic E-state index is 11.1. The molecule has 0 aliphatic rings. The summed E-state index contributed by atoms with van der Waals surface area (Å²) in [7, 11) is 1.52. The topological polar surface area (TPSA) is 96.2 Å². The van der Waals surface area contributed by atoms with Crippen LogP contribution in [0.5, 0.6) is 5.75 Å². The van der Waals surface area contributed by atoms with Gasteiger partial charge in [-0.15, -0.1) is 0 Å². The van der Waals surface area contributed by atoms with Crippen LogP contribution in [-0.2, 0) is 0 Å². The number of nitrogens with zero attached hydrogens (tertiary/aromatic N) is 2. The number of carbonyl (C=O) groups is 1. The first kappa shape index (κ1) is 12.3. The van der Waals surface area contributed by atoms with Crippen molar-refractivity contribution in [2.24, 2.45) is 5.73 Å². The molecular formula is C11H11ClN4O2. The lowest BCUT2D eigenvalue weighted by Gasteiger charge is -2.10. The van der Waals surface area contributed by atoms with E-state index in [2.05, 4.69) is 5.10 Å². The van der Waals surface area contributed by atoms with Crippen LogP contribution in [0.25, 0.3) is 5.69 Å². The number of aromatic nitrogens is 2. The Bertz CT molecular complexity index is 609. The molecule has 0 fully saturated rings. The van der Waals surface area contributed by atoms with Crippen LogP contribution in [0.2, 0.25) is 5.02 Å². The normalized spacial score (nSPS) is 10.3. The predicted octanol–water partition coefficient (Wildman–Crippen LogP) is 1.22. The fraction of sp³-hybridized carbons (Fsp3) is 0.0909. The summed E-state index contributed by atoms with van der Waals surface area (Å²) in [5.74, 6) is 0.0352. The fourth-order valence-corrected chi connectivity index (χ4v) is 1.73. The van der Waals surface area contributed by atoms with Crippen molar-refractivity contribution in [3.05, 3.63) is 35.0 Å². The molecule has 0 saturated heterocycles. The molecule has 0 saturated carbocycles. The Morgan fingerprint density at radius 2 is 2.22 bits per heavy atom. The third kappa shape index (κ3) is 1.98. The van der Waals surface area contributed by atoms with Gasteiger partial charge in [0, 0.05) is 5.02 Å². The number of benzene rings is 1. The standard InChI is InChI=1S/C11H11ClN4O2/c1-18-9-3-2-6(12)4-8(9)16-10(13)7(5-15-16)11(14)17/h2-5H,13H2,1H3,(H2,14,17). The van der Waals surface area contributed by atoms with Gasteiger partial charge in [-0.2, -0.15) is 5.10 Å². The molecule has 0 unspecified atom stereocenters. The molecule has 0 atom stereocenters. The first-order valence-electron chi connectivity index (χ1n) is 5.01. The zero-order chi connectivity index (χ0) is 13.3. The van der Waals surface area contributed by atoms with Gasteiger partial charge in [0.15, 0.2) is 0 Å². The summed E-state index contributed by atoms with van der Waals surface area (Å²) >= 11 is 5.92. The minimum Gasteiger partial charge on any atom is -0.494 e. The number of primary amides is 1. The summed E-state index contributed by atoms with van der Waals surface area (Å²) in [6.07, 6.45) is 1.30. The molecule has 6 nitrogen and oxygen atoms in total. The maximum Gasteiger partial charge on any atom is 0.254 e. The number of hydrogen-bond acceptors (Lipinski definition) is 4. The van der Waals surface area contributed by atoms with E-state index in [0.717, 1.165) is 0 Å². The summed E-state index contributed by atoms with van der Waals surface area (Å²) in [5, 5.41) is 4.51. The molecule has 0 aliphatic carbocycles. The second-order valence-corrected chi connectivity index (χ2v) is 3.97. The molecule has 1 aromatic carbocycles. The quantitative estimate of drug-likeness (QED) is 0.873. The van der Waals surface area contributed by atoms with Crippen molar-refractivity contribution in [2.75, 3.05) is 12.8 Å². The zero-order valence-electron chi connectivity index (χ0n) is 9.55. The van der Waals surface area contributed by atoms with Gasteiger partial charge in [-0.05, 0) is 18.2 Å². The molecule has 0 radical (unpaired) electrons. The van der Waals surface area contributed by atoms with Crippen LogP contribution in [-0.4, -0.2) is 22.8 Å². The molecule has 1 amide bonds. The lowest BCUT2D eigenvalue weighted by Crippen LogP contribution is -2.13. The van der Waals surface area contributed by atoms with Crippen LogP contribution >= 0.6 is 11.6 Å². The van der Waals surface area contributed by atoms with Crippen LogP contribution < -0.4 is 16.2 Å². The maximum absolute atomic E-state index is 11.1. The van der Waals surface area contributed by atoms with E-state index >= 15 is 0 Å². The Morgan fingerprint density at radius 3 is 2.78 bits per heavy atom. The van der Waals surface area contributed by atoms with Crippen LogP contribution in [0.4, 0.5) is 5.82 Å². The minimum absolute atomic E-state index is 0.142. The van der Waals surface area contributed by atoms with E-state index in [-0.39, 0.29) is 11.4 Å². The zero-order valence-corrected chi connectivity index (χ0v) is 10.3. The smallest absolute Gasteiger partial charge is 0.254 e. The number of halogens is 1. The first-order chi connectivity index (χ1) is 8.54. The van der Waals surface area contributed by atoms with Crippen LogP contribution in [0.3, 0.4) is 0 Å². The molecule has 2 rings (SSSR count). The van der Waals surface area contributed by atoms with Gasteiger partial charge in [0.2, 0.25) is 0 Å². The van der Waals surface area contributed by atoms with E-state index in [9.17, 15) is 4.79 Å². The van der Waals surface area contributed by atoms with Crippen molar-refractivity contribution in [2.45, 2.75) is 0 Å². The second-order valence-electron chi connectivity index (χ2n) is 3.54. The monoisotopic (exact) mass is 266 g/mol. The Balaban J connectivity index is 2.61. The summed E-state index contributed by atoms with van der Waals surface area (Å²) in [6.45, 7) is 0. The van der Waals surface area contributed by atoms with Gasteiger partial charge in [-0.25, -0.2) is 4.68 Å². The van der Waals surface area contributed by atoms with Crippen molar-refractivity contribution >= 4 is 23.3 Å². The highest BCUT2D eigenvalue weighted by molar-refractivity contribution is 6.30. The number of amides is 1. The van der Waals surface area contributed by atoms with Gasteiger partial charge in [0.1, 0.15) is 22.8 Å². The van der Waals surface area contributed by atoms with Gasteiger partial charge in [0.05, 0.1) is 13.3 Å². The second kappa shape index (κ2) is 4.58. The van der Waals surface area contributed by atoms with Crippen LogP contribution in [0.15, 0.2) is 24.4 Å². The summed E-state index contributed by atoms with van der Waals surface area (Å²) in [5.41, 5.74) is 11.7. The predicted molar refractivity (Wildman–Crippen MR) is 68.1 cm³/mol. The first-order valence-corrected chi connectivity index (χ1v) is 5.39. The lowest BCUT2D eigenvalue weighted by atomic mass is 10.2. The molecular weight excluding hydrogens is 256 g/mol. The molecule has 18 heavy (non-hydrogen) atoms. The van der Waals surface area contributed by atoms with Gasteiger partial charge in [-0.3, -0.25) is 4.79 Å². The van der Waals surface area contributed by atoms with Crippen molar-refractivity contribution in [1.29, 1.82) is 0 Å². The Kier molecular flexibility index (Phi) is 3.12. The van der Waals surface area contributed by atoms with E-state index in [1.807, 2.05) is 0 Å².